The Morgan fingerprint density at radius 1 is 1.26 bits per heavy atom. The van der Waals surface area contributed by atoms with E-state index in [4.69, 9.17) is 5.73 Å². The van der Waals surface area contributed by atoms with E-state index >= 15 is 0 Å². The van der Waals surface area contributed by atoms with Crippen molar-refractivity contribution in [3.8, 4) is 5.69 Å². The lowest BCUT2D eigenvalue weighted by Crippen LogP contribution is -2.48. The van der Waals surface area contributed by atoms with Crippen LogP contribution in [0.4, 0.5) is 0 Å². The molecular weight excluding hydrogens is 312 g/mol. The summed E-state index contributed by atoms with van der Waals surface area (Å²) in [5, 5.41) is 4.20. The van der Waals surface area contributed by atoms with Crippen molar-refractivity contribution in [2.24, 2.45) is 5.73 Å². The maximum absolute atomic E-state index is 12.8. The minimum Gasteiger partial charge on any atom is -0.328 e. The van der Waals surface area contributed by atoms with E-state index in [1.807, 2.05) is 38.1 Å². The summed E-state index contributed by atoms with van der Waals surface area (Å²) in [6.45, 7) is 4.37. The van der Waals surface area contributed by atoms with Crippen molar-refractivity contribution in [3.05, 3.63) is 42.2 Å². The molecule has 23 heavy (non-hydrogen) atoms. The summed E-state index contributed by atoms with van der Waals surface area (Å²) in [7, 11) is -3.54. The number of piperidine rings is 1. The zero-order chi connectivity index (χ0) is 16.6. The predicted molar refractivity (Wildman–Crippen MR) is 88.9 cm³/mol. The van der Waals surface area contributed by atoms with E-state index in [1.54, 1.807) is 10.9 Å². The van der Waals surface area contributed by atoms with E-state index in [-0.39, 0.29) is 17.0 Å². The van der Waals surface area contributed by atoms with Gasteiger partial charge in [-0.25, -0.2) is 13.1 Å². The molecular formula is C16H22N4O2S. The normalized spacial score (nSPS) is 23.1. The first-order chi connectivity index (χ1) is 10.9. The number of nitrogens with zero attached hydrogens (tertiary/aromatic N) is 3. The van der Waals surface area contributed by atoms with Gasteiger partial charge in [0.2, 0.25) is 10.0 Å². The van der Waals surface area contributed by atoms with Gasteiger partial charge < -0.3 is 5.73 Å². The fraction of sp³-hybridized carbons (Fsp3) is 0.438. The molecule has 124 valence electrons. The summed E-state index contributed by atoms with van der Waals surface area (Å²) in [5.74, 6) is 0. The van der Waals surface area contributed by atoms with Gasteiger partial charge in [0.15, 0.2) is 0 Å². The van der Waals surface area contributed by atoms with Gasteiger partial charge in [0.1, 0.15) is 4.90 Å². The fourth-order valence-electron chi connectivity index (χ4n) is 2.96. The highest BCUT2D eigenvalue weighted by atomic mass is 32.2. The van der Waals surface area contributed by atoms with Gasteiger partial charge in [-0.3, -0.25) is 0 Å². The Kier molecular flexibility index (Phi) is 4.27. The van der Waals surface area contributed by atoms with E-state index in [1.165, 1.54) is 10.5 Å². The molecule has 1 fully saturated rings. The van der Waals surface area contributed by atoms with Crippen molar-refractivity contribution in [2.45, 2.75) is 43.7 Å². The van der Waals surface area contributed by atoms with Crippen LogP contribution >= 0.6 is 0 Å². The maximum atomic E-state index is 12.8. The Morgan fingerprint density at radius 3 is 2.61 bits per heavy atom. The largest absolute Gasteiger partial charge is 0.328 e. The van der Waals surface area contributed by atoms with Gasteiger partial charge in [-0.1, -0.05) is 17.7 Å². The van der Waals surface area contributed by atoms with Crippen LogP contribution in [0.2, 0.25) is 0 Å². The van der Waals surface area contributed by atoms with Crippen LogP contribution in [0.3, 0.4) is 0 Å². The van der Waals surface area contributed by atoms with Crippen LogP contribution in [0.15, 0.2) is 41.6 Å². The second-order valence-corrected chi connectivity index (χ2v) is 8.10. The van der Waals surface area contributed by atoms with Crippen LogP contribution in [0.5, 0.6) is 0 Å². The molecule has 2 heterocycles. The van der Waals surface area contributed by atoms with Crippen LogP contribution in [0.1, 0.15) is 25.3 Å². The molecule has 0 aliphatic carbocycles. The number of hydrogen-bond acceptors (Lipinski definition) is 4. The SMILES string of the molecule is Cc1ccc(-n2cc(S(=O)(=O)N3CC[C@@H](N)C[C@H]3C)cn2)cc1. The van der Waals surface area contributed by atoms with Gasteiger partial charge in [0.25, 0.3) is 0 Å². The quantitative estimate of drug-likeness (QED) is 0.926. The summed E-state index contributed by atoms with van der Waals surface area (Å²) >= 11 is 0. The third-order valence-corrected chi connectivity index (χ3v) is 6.29. The first-order valence-electron chi connectivity index (χ1n) is 7.77. The summed E-state index contributed by atoms with van der Waals surface area (Å²) in [6, 6.07) is 7.76. The summed E-state index contributed by atoms with van der Waals surface area (Å²) in [5.41, 5.74) is 7.91. The molecule has 2 N–H and O–H groups in total. The van der Waals surface area contributed by atoms with Crippen LogP contribution in [0, 0.1) is 6.92 Å². The van der Waals surface area contributed by atoms with Crippen LogP contribution in [-0.4, -0.2) is 41.1 Å². The average Bonchev–Trinajstić information content (AvgIpc) is 2.98. The first-order valence-corrected chi connectivity index (χ1v) is 9.21. The molecule has 0 spiro atoms. The lowest BCUT2D eigenvalue weighted by atomic mass is 10.0. The van der Waals surface area contributed by atoms with Gasteiger partial charge >= 0.3 is 0 Å². The van der Waals surface area contributed by atoms with Crippen molar-refractivity contribution >= 4 is 10.0 Å². The number of aryl methyl sites for hydroxylation is 1. The number of rotatable bonds is 3. The van der Waals surface area contributed by atoms with Crippen molar-refractivity contribution in [1.82, 2.24) is 14.1 Å². The van der Waals surface area contributed by atoms with Crippen LogP contribution in [0.25, 0.3) is 5.69 Å². The zero-order valence-electron chi connectivity index (χ0n) is 13.4. The second kappa shape index (κ2) is 6.07. The second-order valence-electron chi connectivity index (χ2n) is 6.21. The molecule has 1 aromatic carbocycles. The Balaban J connectivity index is 1.88. The average molecular weight is 334 g/mol. The number of benzene rings is 1. The lowest BCUT2D eigenvalue weighted by molar-refractivity contribution is 0.247. The number of aromatic nitrogens is 2. The Morgan fingerprint density at radius 2 is 1.96 bits per heavy atom. The smallest absolute Gasteiger partial charge is 0.246 e. The highest BCUT2D eigenvalue weighted by molar-refractivity contribution is 7.89. The molecule has 0 bridgehead atoms. The van der Waals surface area contributed by atoms with Gasteiger partial charge in [0.05, 0.1) is 18.1 Å². The van der Waals surface area contributed by atoms with Crippen molar-refractivity contribution < 1.29 is 8.42 Å². The van der Waals surface area contributed by atoms with Gasteiger partial charge in [-0.2, -0.15) is 9.40 Å². The standard InChI is InChI=1S/C16H22N4O2S/c1-12-3-5-15(6-4-12)19-11-16(10-18-19)23(21,22)20-8-7-14(17)9-13(20)2/h3-6,10-11,13-14H,7-9,17H2,1-2H3/t13-,14-/m1/s1. The molecule has 6 nitrogen and oxygen atoms in total. The van der Waals surface area contributed by atoms with E-state index in [9.17, 15) is 8.42 Å². The van der Waals surface area contributed by atoms with Gasteiger partial charge in [0, 0.05) is 18.6 Å². The Bertz CT molecular complexity index is 783. The molecule has 1 aromatic heterocycles. The molecule has 2 aromatic rings. The molecule has 0 radical (unpaired) electrons. The van der Waals surface area contributed by atoms with E-state index in [0.717, 1.165) is 11.3 Å². The highest BCUT2D eigenvalue weighted by Gasteiger charge is 2.34. The molecule has 3 rings (SSSR count). The fourth-order valence-corrected chi connectivity index (χ4v) is 4.55. The molecule has 7 heteroatoms. The summed E-state index contributed by atoms with van der Waals surface area (Å²) in [6.07, 6.45) is 4.36. The Hall–Kier alpha value is -1.70. The number of hydrogen-bond donors (Lipinski definition) is 1. The van der Waals surface area contributed by atoms with E-state index < -0.39 is 10.0 Å². The predicted octanol–water partition coefficient (Wildman–Crippen LogP) is 1.68. The third-order valence-electron chi connectivity index (χ3n) is 4.32. The summed E-state index contributed by atoms with van der Waals surface area (Å²) < 4.78 is 28.8. The van der Waals surface area contributed by atoms with Crippen molar-refractivity contribution in [3.63, 3.8) is 0 Å². The topological polar surface area (TPSA) is 81.2 Å². The minimum absolute atomic E-state index is 0.0757. The van der Waals surface area contributed by atoms with E-state index in [0.29, 0.717) is 19.4 Å². The first kappa shape index (κ1) is 16.2. The van der Waals surface area contributed by atoms with Crippen molar-refractivity contribution in [2.75, 3.05) is 6.54 Å². The number of nitrogens with two attached hydrogens (primary N) is 1. The Labute approximate surface area is 137 Å². The molecule has 2 atom stereocenters. The van der Waals surface area contributed by atoms with Crippen LogP contribution in [-0.2, 0) is 10.0 Å². The number of sulfonamides is 1. The molecule has 0 saturated carbocycles. The third kappa shape index (κ3) is 3.17. The minimum atomic E-state index is -3.54. The maximum Gasteiger partial charge on any atom is 0.246 e. The van der Waals surface area contributed by atoms with Crippen LogP contribution < -0.4 is 5.73 Å². The zero-order valence-corrected chi connectivity index (χ0v) is 14.2. The van der Waals surface area contributed by atoms with Gasteiger partial charge in [-0.05, 0) is 38.8 Å². The molecule has 1 aliphatic rings. The van der Waals surface area contributed by atoms with Gasteiger partial charge in [-0.15, -0.1) is 0 Å². The molecule has 1 aliphatic heterocycles. The molecule has 0 unspecified atom stereocenters. The summed E-state index contributed by atoms with van der Waals surface area (Å²) in [4.78, 5) is 0.223. The van der Waals surface area contributed by atoms with E-state index in [2.05, 4.69) is 5.10 Å². The molecule has 1 saturated heterocycles. The van der Waals surface area contributed by atoms with Crippen molar-refractivity contribution in [1.29, 1.82) is 0 Å². The molecule has 0 amide bonds. The lowest BCUT2D eigenvalue weighted by Gasteiger charge is -2.34. The highest BCUT2D eigenvalue weighted by Crippen LogP contribution is 2.25. The monoisotopic (exact) mass is 334 g/mol.